The largest absolute Gasteiger partial charge is 0.381 e. The van der Waals surface area contributed by atoms with E-state index in [2.05, 4.69) is 6.92 Å². The van der Waals surface area contributed by atoms with Gasteiger partial charge >= 0.3 is 0 Å². The average Bonchev–Trinajstić information content (AvgIpc) is 2.34. The Morgan fingerprint density at radius 3 is 2.62 bits per heavy atom. The lowest BCUT2D eigenvalue weighted by molar-refractivity contribution is 0.112. The second-order valence-corrected chi connectivity index (χ2v) is 4.67. The van der Waals surface area contributed by atoms with Gasteiger partial charge in [0.25, 0.3) is 0 Å². The van der Waals surface area contributed by atoms with Crippen molar-refractivity contribution >= 4 is 18.0 Å². The molecule has 0 N–H and O–H groups in total. The van der Waals surface area contributed by atoms with Crippen molar-refractivity contribution in [1.29, 1.82) is 0 Å². The predicted molar refractivity (Wildman–Crippen MR) is 68.3 cm³/mol. The van der Waals surface area contributed by atoms with E-state index >= 15 is 0 Å². The van der Waals surface area contributed by atoms with E-state index in [0.717, 1.165) is 37.2 Å². The second kappa shape index (κ2) is 8.36. The zero-order valence-electron chi connectivity index (χ0n) is 9.65. The molecule has 0 aliphatic carbocycles. The van der Waals surface area contributed by atoms with Crippen LogP contribution in [-0.4, -0.2) is 25.3 Å². The van der Waals surface area contributed by atoms with Crippen LogP contribution in [0.2, 0.25) is 0 Å². The lowest BCUT2D eigenvalue weighted by Gasteiger charge is -2.03. The number of ether oxygens (including phenoxy) is 1. The van der Waals surface area contributed by atoms with Crippen molar-refractivity contribution < 1.29 is 9.53 Å². The number of thioether (sulfide) groups is 1. The van der Waals surface area contributed by atoms with Gasteiger partial charge in [0.1, 0.15) is 6.29 Å². The fraction of sp³-hybridized carbons (Fsp3) is 0.462. The maximum Gasteiger partial charge on any atom is 0.150 e. The number of hydrogen-bond acceptors (Lipinski definition) is 3. The Morgan fingerprint density at radius 2 is 2.00 bits per heavy atom. The summed E-state index contributed by atoms with van der Waals surface area (Å²) in [7, 11) is 0. The van der Waals surface area contributed by atoms with Gasteiger partial charge in [0.15, 0.2) is 0 Å². The third-order valence-electron chi connectivity index (χ3n) is 2.15. The van der Waals surface area contributed by atoms with Gasteiger partial charge in [-0.1, -0.05) is 25.5 Å². The van der Waals surface area contributed by atoms with Crippen molar-refractivity contribution in [2.75, 3.05) is 19.0 Å². The molecule has 0 aliphatic heterocycles. The van der Waals surface area contributed by atoms with E-state index in [-0.39, 0.29) is 0 Å². The first-order valence-electron chi connectivity index (χ1n) is 5.62. The first-order valence-corrected chi connectivity index (χ1v) is 6.61. The van der Waals surface area contributed by atoms with E-state index in [1.54, 1.807) is 11.8 Å². The van der Waals surface area contributed by atoms with Crippen molar-refractivity contribution in [3.63, 3.8) is 0 Å². The molecule has 0 fully saturated rings. The first kappa shape index (κ1) is 13.3. The van der Waals surface area contributed by atoms with Gasteiger partial charge in [-0.05, 0) is 18.6 Å². The maximum absolute atomic E-state index is 10.5. The summed E-state index contributed by atoms with van der Waals surface area (Å²) in [5.74, 6) is 0.962. The fourth-order valence-corrected chi connectivity index (χ4v) is 1.97. The van der Waals surface area contributed by atoms with Crippen LogP contribution in [0.5, 0.6) is 0 Å². The number of hydrogen-bond donors (Lipinski definition) is 0. The van der Waals surface area contributed by atoms with Crippen molar-refractivity contribution in [2.24, 2.45) is 0 Å². The van der Waals surface area contributed by atoms with Crippen LogP contribution in [0.3, 0.4) is 0 Å². The smallest absolute Gasteiger partial charge is 0.150 e. The Kier molecular flexibility index (Phi) is 6.93. The van der Waals surface area contributed by atoms with Gasteiger partial charge in [0, 0.05) is 22.8 Å². The maximum atomic E-state index is 10.5. The molecule has 0 saturated heterocycles. The number of rotatable bonds is 8. The molecule has 0 aromatic heterocycles. The molecule has 0 unspecified atom stereocenters. The Balaban J connectivity index is 2.14. The monoisotopic (exact) mass is 238 g/mol. The number of unbranched alkanes of at least 4 members (excludes halogenated alkanes) is 1. The van der Waals surface area contributed by atoms with Crippen LogP contribution in [0, 0.1) is 0 Å². The molecule has 0 spiro atoms. The molecule has 0 saturated carbocycles. The highest BCUT2D eigenvalue weighted by atomic mass is 32.2. The SMILES string of the molecule is CCCCOCCSc1ccc(C=O)cc1. The molecule has 88 valence electrons. The molecular formula is C13H18O2S. The van der Waals surface area contributed by atoms with Crippen molar-refractivity contribution in [3.8, 4) is 0 Å². The fourth-order valence-electron chi connectivity index (χ4n) is 1.21. The molecule has 0 amide bonds. The molecular weight excluding hydrogens is 220 g/mol. The van der Waals surface area contributed by atoms with E-state index < -0.39 is 0 Å². The Bertz CT molecular complexity index is 295. The minimum absolute atomic E-state index is 0.726. The molecule has 1 aromatic rings. The summed E-state index contributed by atoms with van der Waals surface area (Å²) >= 11 is 1.76. The van der Waals surface area contributed by atoms with Gasteiger partial charge in [0.2, 0.25) is 0 Å². The van der Waals surface area contributed by atoms with Crippen molar-refractivity contribution in [2.45, 2.75) is 24.7 Å². The molecule has 0 atom stereocenters. The molecule has 1 aromatic carbocycles. The summed E-state index contributed by atoms with van der Waals surface area (Å²) in [6.45, 7) is 3.81. The molecule has 16 heavy (non-hydrogen) atoms. The molecule has 0 heterocycles. The van der Waals surface area contributed by atoms with E-state index in [0.29, 0.717) is 0 Å². The zero-order valence-corrected chi connectivity index (χ0v) is 10.5. The van der Waals surface area contributed by atoms with Crippen molar-refractivity contribution in [1.82, 2.24) is 0 Å². The molecule has 0 bridgehead atoms. The van der Waals surface area contributed by atoms with Gasteiger partial charge in [-0.2, -0.15) is 0 Å². The average molecular weight is 238 g/mol. The minimum Gasteiger partial charge on any atom is -0.381 e. The molecule has 3 heteroatoms. The minimum atomic E-state index is 0.726. The highest BCUT2D eigenvalue weighted by molar-refractivity contribution is 7.99. The van der Waals surface area contributed by atoms with Crippen molar-refractivity contribution in [3.05, 3.63) is 29.8 Å². The van der Waals surface area contributed by atoms with Crippen LogP contribution in [0.1, 0.15) is 30.1 Å². The van der Waals surface area contributed by atoms with Gasteiger partial charge in [-0.15, -0.1) is 11.8 Å². The summed E-state index contributed by atoms with van der Waals surface area (Å²) < 4.78 is 5.46. The number of benzene rings is 1. The summed E-state index contributed by atoms with van der Waals surface area (Å²) in [6.07, 6.45) is 3.18. The van der Waals surface area contributed by atoms with Gasteiger partial charge in [-0.25, -0.2) is 0 Å². The molecule has 1 rings (SSSR count). The second-order valence-electron chi connectivity index (χ2n) is 3.50. The summed E-state index contributed by atoms with van der Waals surface area (Å²) in [6, 6.07) is 7.63. The van der Waals surface area contributed by atoms with Crippen LogP contribution in [0.4, 0.5) is 0 Å². The van der Waals surface area contributed by atoms with Crippen LogP contribution < -0.4 is 0 Å². The van der Waals surface area contributed by atoms with E-state index in [1.807, 2.05) is 24.3 Å². The number of carbonyl (C=O) groups excluding carboxylic acids is 1. The van der Waals surface area contributed by atoms with E-state index in [4.69, 9.17) is 4.74 Å². The molecule has 2 nitrogen and oxygen atoms in total. The highest BCUT2D eigenvalue weighted by Gasteiger charge is 1.95. The first-order chi connectivity index (χ1) is 7.86. The van der Waals surface area contributed by atoms with Gasteiger partial charge < -0.3 is 4.74 Å². The van der Waals surface area contributed by atoms with Crippen LogP contribution >= 0.6 is 11.8 Å². The third kappa shape index (κ3) is 5.33. The van der Waals surface area contributed by atoms with Crippen LogP contribution in [0.25, 0.3) is 0 Å². The van der Waals surface area contributed by atoms with Gasteiger partial charge in [-0.3, -0.25) is 4.79 Å². The lowest BCUT2D eigenvalue weighted by atomic mass is 10.2. The quantitative estimate of drug-likeness (QED) is 0.394. The highest BCUT2D eigenvalue weighted by Crippen LogP contribution is 2.17. The predicted octanol–water partition coefficient (Wildman–Crippen LogP) is 3.41. The molecule has 0 radical (unpaired) electrons. The topological polar surface area (TPSA) is 26.3 Å². The Labute approximate surface area is 101 Å². The summed E-state index contributed by atoms with van der Waals surface area (Å²) in [5.41, 5.74) is 0.726. The van der Waals surface area contributed by atoms with E-state index in [1.165, 1.54) is 11.3 Å². The lowest BCUT2D eigenvalue weighted by Crippen LogP contribution is -1.98. The zero-order chi connectivity index (χ0) is 11.6. The van der Waals surface area contributed by atoms with E-state index in [9.17, 15) is 4.79 Å². The Morgan fingerprint density at radius 1 is 1.25 bits per heavy atom. The summed E-state index contributed by atoms with van der Waals surface area (Å²) in [4.78, 5) is 11.6. The van der Waals surface area contributed by atoms with Crippen LogP contribution in [0.15, 0.2) is 29.2 Å². The van der Waals surface area contributed by atoms with Crippen LogP contribution in [-0.2, 0) is 4.74 Å². The Hall–Kier alpha value is -0.800. The van der Waals surface area contributed by atoms with Gasteiger partial charge in [0.05, 0.1) is 6.61 Å². The third-order valence-corrected chi connectivity index (χ3v) is 3.13. The normalized spacial score (nSPS) is 10.3. The standard InChI is InChI=1S/C13H18O2S/c1-2-3-8-15-9-10-16-13-6-4-12(11-14)5-7-13/h4-7,11H,2-3,8-10H2,1H3. The summed E-state index contributed by atoms with van der Waals surface area (Å²) in [5, 5.41) is 0. The number of carbonyl (C=O) groups is 1. The molecule has 0 aliphatic rings. The number of aldehydes is 1.